The molecule has 0 aromatic heterocycles. The molecule has 0 aliphatic rings. The Morgan fingerprint density at radius 1 is 1.78 bits per heavy atom. The fourth-order valence-electron chi connectivity index (χ4n) is 0.434. The quantitative estimate of drug-likeness (QED) is 0.513. The zero-order valence-electron chi connectivity index (χ0n) is 5.46. The Labute approximate surface area is 53.9 Å². The summed E-state index contributed by atoms with van der Waals surface area (Å²) in [6.45, 7) is 0. The van der Waals surface area contributed by atoms with E-state index in [0.717, 1.165) is 0 Å². The highest BCUT2D eigenvalue weighted by Crippen LogP contribution is 1.87. The molecule has 1 unspecified atom stereocenters. The summed E-state index contributed by atoms with van der Waals surface area (Å²) in [5.74, 6) is -0.609. The average Bonchev–Trinajstić information content (AvgIpc) is 1.64. The second-order valence-corrected chi connectivity index (χ2v) is 1.90. The molecule has 0 aromatic rings. The lowest BCUT2D eigenvalue weighted by Gasteiger charge is -2.11. The molecular formula is C5H9N3O. The van der Waals surface area contributed by atoms with Crippen LogP contribution in [0.25, 0.3) is 0 Å². The molecule has 0 bridgehead atoms. The number of likely N-dealkylation sites (N-methyl/N-ethyl adjacent to an activating group) is 1. The van der Waals surface area contributed by atoms with E-state index in [1.165, 1.54) is 4.90 Å². The zero-order valence-corrected chi connectivity index (χ0v) is 5.46. The van der Waals surface area contributed by atoms with Crippen molar-refractivity contribution < 1.29 is 4.79 Å². The van der Waals surface area contributed by atoms with E-state index >= 15 is 0 Å². The van der Waals surface area contributed by atoms with Gasteiger partial charge in [0.25, 0.3) is 0 Å². The van der Waals surface area contributed by atoms with Crippen molar-refractivity contribution in [2.75, 3.05) is 14.1 Å². The van der Waals surface area contributed by atoms with Gasteiger partial charge in [-0.25, -0.2) is 0 Å². The zero-order chi connectivity index (χ0) is 7.44. The van der Waals surface area contributed by atoms with Gasteiger partial charge in [0.1, 0.15) is 0 Å². The van der Waals surface area contributed by atoms with Gasteiger partial charge < -0.3 is 5.73 Å². The van der Waals surface area contributed by atoms with E-state index in [1.54, 1.807) is 20.2 Å². The monoisotopic (exact) mass is 127 g/mol. The Morgan fingerprint density at radius 2 is 2.22 bits per heavy atom. The van der Waals surface area contributed by atoms with Gasteiger partial charge >= 0.3 is 0 Å². The van der Waals surface area contributed by atoms with Gasteiger partial charge in [-0.05, 0) is 14.1 Å². The Morgan fingerprint density at radius 3 is 2.22 bits per heavy atom. The maximum Gasteiger partial charge on any atom is 0.249 e. The normalized spacial score (nSPS) is 12.7. The predicted octanol–water partition coefficient (Wildman–Crippen LogP) is -1.07. The Kier molecular flexibility index (Phi) is 2.68. The Hall–Kier alpha value is -1.08. The molecule has 0 heterocycles. The third kappa shape index (κ3) is 2.11. The molecular weight excluding hydrogens is 118 g/mol. The smallest absolute Gasteiger partial charge is 0.249 e. The molecule has 50 valence electrons. The minimum atomic E-state index is -0.801. The van der Waals surface area contributed by atoms with Crippen LogP contribution in [0.2, 0.25) is 0 Å². The maximum absolute atomic E-state index is 10.3. The van der Waals surface area contributed by atoms with Crippen LogP contribution in [0.15, 0.2) is 0 Å². The number of nitrogens with zero attached hydrogens (tertiary/aromatic N) is 2. The molecule has 4 heteroatoms. The summed E-state index contributed by atoms with van der Waals surface area (Å²) in [4.78, 5) is 11.8. The third-order valence-electron chi connectivity index (χ3n) is 0.908. The first-order valence-corrected chi connectivity index (χ1v) is 2.45. The SMILES string of the molecule is CN(C)C(C#N)C(N)=O. The lowest BCUT2D eigenvalue weighted by atomic mass is 10.3. The van der Waals surface area contributed by atoms with Crippen molar-refractivity contribution in [2.45, 2.75) is 6.04 Å². The summed E-state index contributed by atoms with van der Waals surface area (Å²) >= 11 is 0. The van der Waals surface area contributed by atoms with Gasteiger partial charge in [-0.2, -0.15) is 5.26 Å². The van der Waals surface area contributed by atoms with Gasteiger partial charge in [0.2, 0.25) is 5.91 Å². The standard InChI is InChI=1S/C5H9N3O/c1-8(2)4(3-6)5(7)9/h4H,1-2H3,(H2,7,9). The molecule has 0 aromatic carbocycles. The van der Waals surface area contributed by atoms with Crippen LogP contribution in [0.3, 0.4) is 0 Å². The number of hydrogen-bond donors (Lipinski definition) is 1. The first-order chi connectivity index (χ1) is 4.09. The molecule has 0 saturated carbocycles. The minimum absolute atomic E-state index is 0.609. The van der Waals surface area contributed by atoms with E-state index in [9.17, 15) is 4.79 Å². The minimum Gasteiger partial charge on any atom is -0.367 e. The van der Waals surface area contributed by atoms with E-state index in [0.29, 0.717) is 0 Å². The van der Waals surface area contributed by atoms with Crippen molar-refractivity contribution in [2.24, 2.45) is 5.73 Å². The number of amides is 1. The van der Waals surface area contributed by atoms with Crippen LogP contribution in [-0.2, 0) is 4.79 Å². The number of rotatable bonds is 2. The molecule has 1 amide bonds. The van der Waals surface area contributed by atoms with E-state index in [-0.39, 0.29) is 0 Å². The van der Waals surface area contributed by atoms with Gasteiger partial charge in [0.15, 0.2) is 6.04 Å². The third-order valence-corrected chi connectivity index (χ3v) is 0.908. The summed E-state index contributed by atoms with van der Waals surface area (Å²) in [6.07, 6.45) is 0. The van der Waals surface area contributed by atoms with E-state index in [1.807, 2.05) is 0 Å². The van der Waals surface area contributed by atoms with Crippen LogP contribution < -0.4 is 5.73 Å². The maximum atomic E-state index is 10.3. The molecule has 0 spiro atoms. The highest BCUT2D eigenvalue weighted by Gasteiger charge is 2.15. The molecule has 0 rings (SSSR count). The van der Waals surface area contributed by atoms with Crippen LogP contribution in [0.5, 0.6) is 0 Å². The van der Waals surface area contributed by atoms with E-state index < -0.39 is 11.9 Å². The van der Waals surface area contributed by atoms with Crippen molar-refractivity contribution in [3.05, 3.63) is 0 Å². The lowest BCUT2D eigenvalue weighted by Crippen LogP contribution is -2.38. The summed E-state index contributed by atoms with van der Waals surface area (Å²) in [5.41, 5.74) is 4.85. The Balaban J connectivity index is 4.04. The molecule has 4 nitrogen and oxygen atoms in total. The van der Waals surface area contributed by atoms with Crippen molar-refractivity contribution in [1.82, 2.24) is 4.90 Å². The molecule has 1 atom stereocenters. The number of carbonyl (C=O) groups is 1. The van der Waals surface area contributed by atoms with Crippen molar-refractivity contribution in [3.63, 3.8) is 0 Å². The van der Waals surface area contributed by atoms with Crippen LogP contribution in [0, 0.1) is 11.3 Å². The van der Waals surface area contributed by atoms with Crippen molar-refractivity contribution in [1.29, 1.82) is 5.26 Å². The summed E-state index contributed by atoms with van der Waals surface area (Å²) in [7, 11) is 3.25. The summed E-state index contributed by atoms with van der Waals surface area (Å²) < 4.78 is 0. The van der Waals surface area contributed by atoms with Crippen LogP contribution >= 0.6 is 0 Å². The number of hydrogen-bond acceptors (Lipinski definition) is 3. The highest BCUT2D eigenvalue weighted by atomic mass is 16.1. The summed E-state index contributed by atoms with van der Waals surface area (Å²) in [6, 6.07) is 0.951. The first kappa shape index (κ1) is 7.92. The van der Waals surface area contributed by atoms with Crippen LogP contribution in [-0.4, -0.2) is 30.9 Å². The van der Waals surface area contributed by atoms with E-state index in [2.05, 4.69) is 0 Å². The fourth-order valence-corrected chi connectivity index (χ4v) is 0.434. The second kappa shape index (κ2) is 3.05. The first-order valence-electron chi connectivity index (χ1n) is 2.45. The van der Waals surface area contributed by atoms with Gasteiger partial charge in [0, 0.05) is 0 Å². The molecule has 0 saturated heterocycles. The molecule has 0 aliphatic heterocycles. The molecule has 9 heavy (non-hydrogen) atoms. The lowest BCUT2D eigenvalue weighted by molar-refractivity contribution is -0.120. The number of carbonyl (C=O) groups excluding carboxylic acids is 1. The number of nitrogens with two attached hydrogens (primary N) is 1. The largest absolute Gasteiger partial charge is 0.367 e. The van der Waals surface area contributed by atoms with Crippen LogP contribution in [0.1, 0.15) is 0 Å². The molecule has 0 aliphatic carbocycles. The van der Waals surface area contributed by atoms with Gasteiger partial charge in [-0.15, -0.1) is 0 Å². The highest BCUT2D eigenvalue weighted by molar-refractivity contribution is 5.82. The van der Waals surface area contributed by atoms with E-state index in [4.69, 9.17) is 11.0 Å². The van der Waals surface area contributed by atoms with Crippen molar-refractivity contribution in [3.8, 4) is 6.07 Å². The molecule has 0 fully saturated rings. The predicted molar refractivity (Wildman–Crippen MR) is 32.3 cm³/mol. The number of nitriles is 1. The van der Waals surface area contributed by atoms with Gasteiger partial charge in [0.05, 0.1) is 6.07 Å². The molecule has 2 N–H and O–H groups in total. The van der Waals surface area contributed by atoms with Gasteiger partial charge in [-0.1, -0.05) is 0 Å². The topological polar surface area (TPSA) is 70.1 Å². The molecule has 0 radical (unpaired) electrons. The van der Waals surface area contributed by atoms with Crippen LogP contribution in [0.4, 0.5) is 0 Å². The average molecular weight is 127 g/mol. The fraction of sp³-hybridized carbons (Fsp3) is 0.600. The summed E-state index contributed by atoms with van der Waals surface area (Å²) in [5, 5.41) is 8.27. The van der Waals surface area contributed by atoms with Crippen molar-refractivity contribution >= 4 is 5.91 Å². The van der Waals surface area contributed by atoms with Gasteiger partial charge in [-0.3, -0.25) is 9.69 Å². The second-order valence-electron chi connectivity index (χ2n) is 1.90. The Bertz CT molecular complexity index is 147. The number of primary amides is 1.